The highest BCUT2D eigenvalue weighted by atomic mass is 79.9. The first kappa shape index (κ1) is 22.1. The molecule has 0 radical (unpaired) electrons. The fraction of sp³-hybridized carbons (Fsp3) is 0.375. The number of furan rings is 1. The van der Waals surface area contributed by atoms with E-state index in [9.17, 15) is 17.9 Å². The van der Waals surface area contributed by atoms with Gasteiger partial charge < -0.3 is 13.9 Å². The summed E-state index contributed by atoms with van der Waals surface area (Å²) in [6.45, 7) is 5.54. The van der Waals surface area contributed by atoms with Crippen LogP contribution in [0.2, 0.25) is 24.7 Å². The maximum absolute atomic E-state index is 14.3. The summed E-state index contributed by atoms with van der Waals surface area (Å²) in [5.41, 5.74) is -0.178. The molecule has 27 heavy (non-hydrogen) atoms. The van der Waals surface area contributed by atoms with Crippen molar-refractivity contribution in [3.8, 4) is 22.8 Å². The van der Waals surface area contributed by atoms with E-state index in [2.05, 4.69) is 20.7 Å². The van der Waals surface area contributed by atoms with Crippen molar-refractivity contribution in [3.05, 3.63) is 29.0 Å². The number of nitrogens with one attached hydrogen (secondary N) is 1. The first-order valence-corrected chi connectivity index (χ1v) is 14.6. The maximum atomic E-state index is 14.3. The average molecular weight is 501 g/mol. The van der Waals surface area contributed by atoms with Crippen LogP contribution in [0.15, 0.2) is 22.6 Å². The zero-order valence-electron chi connectivity index (χ0n) is 15.0. The van der Waals surface area contributed by atoms with Crippen LogP contribution in [0.25, 0.3) is 11.3 Å². The largest absolute Gasteiger partial charge is 0.538 e. The number of hydrogen-bond acceptors (Lipinski definition) is 5. The molecule has 1 aromatic carbocycles. The second kappa shape index (κ2) is 8.42. The van der Waals surface area contributed by atoms with Crippen LogP contribution in [-0.2, 0) is 10.0 Å². The van der Waals surface area contributed by atoms with E-state index in [-0.39, 0.29) is 33.7 Å². The van der Waals surface area contributed by atoms with E-state index in [0.717, 1.165) is 6.07 Å². The van der Waals surface area contributed by atoms with Gasteiger partial charge in [-0.15, -0.1) is 0 Å². The molecule has 0 aliphatic rings. The van der Waals surface area contributed by atoms with Gasteiger partial charge in [-0.2, -0.15) is 0 Å². The van der Waals surface area contributed by atoms with Crippen molar-refractivity contribution in [2.75, 3.05) is 15.8 Å². The Kier molecular flexibility index (Phi) is 6.88. The SMILES string of the molecule is C[Si](C)(C)Oc1c(NS(=O)(=O)CCCBr)oc(-c2c(F)cccc2Cl)c1O. The molecule has 1 heterocycles. The van der Waals surface area contributed by atoms with Crippen LogP contribution in [0.3, 0.4) is 0 Å². The molecular formula is C16H20BrClFNO5SSi. The van der Waals surface area contributed by atoms with Gasteiger partial charge in [0.15, 0.2) is 5.76 Å². The molecule has 11 heteroatoms. The summed E-state index contributed by atoms with van der Waals surface area (Å²) in [4.78, 5) is 0. The molecule has 0 unspecified atom stereocenters. The minimum Gasteiger partial charge on any atom is -0.538 e. The third-order valence-corrected chi connectivity index (χ3v) is 6.25. The van der Waals surface area contributed by atoms with Gasteiger partial charge in [0.25, 0.3) is 5.88 Å². The predicted octanol–water partition coefficient (Wildman–Crippen LogP) is 5.19. The molecule has 0 aliphatic heterocycles. The van der Waals surface area contributed by atoms with Crippen molar-refractivity contribution in [1.82, 2.24) is 0 Å². The number of anilines is 1. The van der Waals surface area contributed by atoms with Crippen LogP contribution in [-0.4, -0.2) is 32.9 Å². The smallest absolute Gasteiger partial charge is 0.252 e. The van der Waals surface area contributed by atoms with E-state index in [1.165, 1.54) is 12.1 Å². The predicted molar refractivity (Wildman–Crippen MR) is 111 cm³/mol. The summed E-state index contributed by atoms with van der Waals surface area (Å²) in [5.74, 6) is -2.18. The van der Waals surface area contributed by atoms with Crippen molar-refractivity contribution in [2.24, 2.45) is 0 Å². The van der Waals surface area contributed by atoms with Crippen LogP contribution in [0.4, 0.5) is 10.3 Å². The fourth-order valence-electron chi connectivity index (χ4n) is 2.20. The molecule has 2 aromatic rings. The van der Waals surface area contributed by atoms with Gasteiger partial charge in [-0.25, -0.2) is 17.5 Å². The van der Waals surface area contributed by atoms with Gasteiger partial charge in [0.1, 0.15) is 5.82 Å². The van der Waals surface area contributed by atoms with Crippen LogP contribution in [0, 0.1) is 5.82 Å². The average Bonchev–Trinajstić information content (AvgIpc) is 2.80. The zero-order valence-corrected chi connectivity index (χ0v) is 19.1. The lowest BCUT2D eigenvalue weighted by Crippen LogP contribution is -2.29. The maximum Gasteiger partial charge on any atom is 0.252 e. The molecule has 0 fully saturated rings. The minimum atomic E-state index is -3.76. The third-order valence-electron chi connectivity index (χ3n) is 3.23. The van der Waals surface area contributed by atoms with Crippen LogP contribution >= 0.6 is 27.5 Å². The number of halogens is 3. The summed E-state index contributed by atoms with van der Waals surface area (Å²) < 4.78 is 52.3. The molecule has 0 aliphatic carbocycles. The van der Waals surface area contributed by atoms with Crippen molar-refractivity contribution in [2.45, 2.75) is 26.1 Å². The molecule has 2 N–H and O–H groups in total. The Bertz CT molecular complexity index is 909. The minimum absolute atomic E-state index is 0.00676. The van der Waals surface area contributed by atoms with Crippen molar-refractivity contribution < 1.29 is 26.8 Å². The van der Waals surface area contributed by atoms with Crippen LogP contribution in [0.1, 0.15) is 6.42 Å². The van der Waals surface area contributed by atoms with Crippen molar-refractivity contribution in [1.29, 1.82) is 0 Å². The number of alkyl halides is 1. The van der Waals surface area contributed by atoms with Crippen molar-refractivity contribution >= 4 is 51.8 Å². The Morgan fingerprint density at radius 3 is 2.59 bits per heavy atom. The molecule has 1 aromatic heterocycles. The van der Waals surface area contributed by atoms with Gasteiger partial charge in [-0.05, 0) is 38.2 Å². The molecule has 0 amide bonds. The van der Waals surface area contributed by atoms with Crippen molar-refractivity contribution in [3.63, 3.8) is 0 Å². The Hall–Kier alpha value is -1.23. The lowest BCUT2D eigenvalue weighted by Gasteiger charge is -2.19. The standard InChI is InChI=1S/C16H20BrClFNO5SSi/c1-27(2,3)25-15-13(21)14(12-10(18)6-4-7-11(12)19)24-16(15)20-26(22,23)9-5-8-17/h4,6-7,20-21H,5,8-9H2,1-3H3. The molecule has 6 nitrogen and oxygen atoms in total. The quantitative estimate of drug-likeness (QED) is 0.385. The second-order valence-electron chi connectivity index (χ2n) is 6.71. The molecular weight excluding hydrogens is 481 g/mol. The topological polar surface area (TPSA) is 88.8 Å². The van der Waals surface area contributed by atoms with Gasteiger partial charge in [-0.3, -0.25) is 0 Å². The lowest BCUT2D eigenvalue weighted by molar-refractivity contribution is 0.439. The van der Waals surface area contributed by atoms with E-state index in [1.54, 1.807) is 0 Å². The molecule has 0 saturated carbocycles. The Balaban J connectivity index is 2.59. The summed E-state index contributed by atoms with van der Waals surface area (Å²) in [5, 5.41) is 11.1. The first-order chi connectivity index (χ1) is 12.4. The molecule has 150 valence electrons. The second-order valence-corrected chi connectivity index (χ2v) is 14.2. The van der Waals surface area contributed by atoms with E-state index in [1.807, 2.05) is 19.6 Å². The Morgan fingerprint density at radius 1 is 1.37 bits per heavy atom. The van der Waals surface area contributed by atoms with Gasteiger partial charge in [0.05, 0.1) is 16.3 Å². The van der Waals surface area contributed by atoms with Gasteiger partial charge in [0, 0.05) is 5.33 Å². The molecule has 0 spiro atoms. The molecule has 2 rings (SSSR count). The number of benzene rings is 1. The summed E-state index contributed by atoms with van der Waals surface area (Å²) in [6, 6.07) is 3.99. The molecule has 0 saturated heterocycles. The fourth-order valence-corrected chi connectivity index (χ4v) is 4.94. The van der Waals surface area contributed by atoms with E-state index in [4.69, 9.17) is 20.4 Å². The third kappa shape index (κ3) is 5.63. The normalized spacial score (nSPS) is 12.2. The van der Waals surface area contributed by atoms with Gasteiger partial charge in [-0.1, -0.05) is 33.6 Å². The highest BCUT2D eigenvalue weighted by Crippen LogP contribution is 2.49. The zero-order chi connectivity index (χ0) is 20.4. The van der Waals surface area contributed by atoms with Crippen LogP contribution < -0.4 is 9.15 Å². The van der Waals surface area contributed by atoms with E-state index in [0.29, 0.717) is 11.8 Å². The number of sulfonamides is 1. The Morgan fingerprint density at radius 2 is 2.04 bits per heavy atom. The van der Waals surface area contributed by atoms with E-state index >= 15 is 0 Å². The summed E-state index contributed by atoms with van der Waals surface area (Å²) in [6.07, 6.45) is 0.373. The molecule has 0 bridgehead atoms. The van der Waals surface area contributed by atoms with Crippen LogP contribution in [0.5, 0.6) is 11.5 Å². The highest BCUT2D eigenvalue weighted by Gasteiger charge is 2.31. The number of hydrogen-bond donors (Lipinski definition) is 2. The number of aromatic hydroxyl groups is 1. The Labute approximate surface area is 172 Å². The lowest BCUT2D eigenvalue weighted by atomic mass is 10.1. The van der Waals surface area contributed by atoms with Gasteiger partial charge >= 0.3 is 0 Å². The highest BCUT2D eigenvalue weighted by molar-refractivity contribution is 9.09. The summed E-state index contributed by atoms with van der Waals surface area (Å²) in [7, 11) is -6.02. The molecule has 0 atom stereocenters. The number of rotatable bonds is 8. The summed E-state index contributed by atoms with van der Waals surface area (Å²) >= 11 is 9.22. The monoisotopic (exact) mass is 499 g/mol. The first-order valence-electron chi connectivity index (χ1n) is 8.01. The van der Waals surface area contributed by atoms with E-state index < -0.39 is 29.9 Å². The van der Waals surface area contributed by atoms with Gasteiger partial charge in [0.2, 0.25) is 29.8 Å².